The van der Waals surface area contributed by atoms with E-state index in [4.69, 9.17) is 4.74 Å². The third-order valence-electron chi connectivity index (χ3n) is 8.34. The lowest BCUT2D eigenvalue weighted by Crippen LogP contribution is -2.65. The van der Waals surface area contributed by atoms with Gasteiger partial charge in [-0.15, -0.1) is 0 Å². The number of amides is 3. The van der Waals surface area contributed by atoms with Crippen LogP contribution in [0.3, 0.4) is 0 Å². The van der Waals surface area contributed by atoms with Gasteiger partial charge in [0, 0.05) is 31.9 Å². The van der Waals surface area contributed by atoms with Gasteiger partial charge in [0.25, 0.3) is 5.91 Å². The molecular formula is C33H32N6O5. The van der Waals surface area contributed by atoms with Gasteiger partial charge in [0.15, 0.2) is 0 Å². The number of hydrogen-bond donors (Lipinski definition) is 1. The summed E-state index contributed by atoms with van der Waals surface area (Å²) in [5.74, 6) is -2.56. The standard InChI is InChI=1S/C33H32N6O5/c1-3-44-30(41)26-19-37(20-27-22(2)8-7-16-34-27)17-15-33(26)31(42)38(32(43)39(33)28-18-29(40)36-21-35-28)25-13-11-24(12-14-25)23-9-5-4-6-10-23/h4-14,16,18,21,26H,3,15,17,19-20H2,1-2H3,(H,35,36,40). The highest BCUT2D eigenvalue weighted by molar-refractivity contribution is 6.31. The molecule has 6 rings (SSSR count). The largest absolute Gasteiger partial charge is 0.493 e. The summed E-state index contributed by atoms with van der Waals surface area (Å²) >= 11 is 0. The fourth-order valence-corrected chi connectivity index (χ4v) is 6.15. The van der Waals surface area contributed by atoms with Crippen LogP contribution in [0.5, 0.6) is 5.88 Å². The summed E-state index contributed by atoms with van der Waals surface area (Å²) in [4.78, 5) is 59.6. The maximum absolute atomic E-state index is 14.7. The van der Waals surface area contributed by atoms with Crippen molar-refractivity contribution in [3.63, 3.8) is 0 Å². The summed E-state index contributed by atoms with van der Waals surface area (Å²) in [6.45, 7) is 4.76. The topological polar surface area (TPSA) is 129 Å². The van der Waals surface area contributed by atoms with Crippen LogP contribution in [-0.2, 0) is 20.9 Å². The van der Waals surface area contributed by atoms with E-state index in [2.05, 4.69) is 15.0 Å². The predicted octanol–water partition coefficient (Wildman–Crippen LogP) is 4.35. The molecule has 3 amide bonds. The predicted molar refractivity (Wildman–Crippen MR) is 163 cm³/mol. The van der Waals surface area contributed by atoms with Crippen molar-refractivity contribution in [2.45, 2.75) is 32.4 Å². The molecule has 2 aromatic carbocycles. The molecule has 0 saturated carbocycles. The molecule has 1 N–H and O–H groups in total. The van der Waals surface area contributed by atoms with Gasteiger partial charge in [-0.2, -0.15) is 0 Å². The van der Waals surface area contributed by atoms with Crippen LogP contribution in [0, 0.1) is 12.8 Å². The first-order valence-electron chi connectivity index (χ1n) is 14.5. The maximum Gasteiger partial charge on any atom is 0.338 e. The summed E-state index contributed by atoms with van der Waals surface area (Å²) in [5, 5.41) is 10.2. The normalized spacial score (nSPS) is 20.4. The van der Waals surface area contributed by atoms with Crippen LogP contribution in [0.2, 0.25) is 0 Å². The Morgan fingerprint density at radius 1 is 1.00 bits per heavy atom. The van der Waals surface area contributed by atoms with Crippen molar-refractivity contribution in [2.75, 3.05) is 29.5 Å². The van der Waals surface area contributed by atoms with Gasteiger partial charge in [-0.25, -0.2) is 19.7 Å². The van der Waals surface area contributed by atoms with E-state index >= 15 is 0 Å². The number of urea groups is 1. The molecule has 1 spiro atoms. The zero-order chi connectivity index (χ0) is 30.8. The Bertz CT molecular complexity index is 1700. The van der Waals surface area contributed by atoms with Gasteiger partial charge in [-0.1, -0.05) is 48.5 Å². The average Bonchev–Trinajstić information content (AvgIpc) is 3.25. The smallest absolute Gasteiger partial charge is 0.338 e. The van der Waals surface area contributed by atoms with Crippen LogP contribution in [0.25, 0.3) is 11.1 Å². The minimum atomic E-state index is -1.65. The lowest BCUT2D eigenvalue weighted by Gasteiger charge is -2.46. The molecule has 2 unspecified atom stereocenters. The zero-order valence-electron chi connectivity index (χ0n) is 24.5. The average molecular weight is 593 g/mol. The molecule has 2 fully saturated rings. The van der Waals surface area contributed by atoms with E-state index in [1.165, 1.54) is 11.0 Å². The first kappa shape index (κ1) is 28.9. The fraction of sp³-hybridized carbons (Fsp3) is 0.273. The number of imide groups is 1. The summed E-state index contributed by atoms with van der Waals surface area (Å²) < 4.78 is 5.52. The highest BCUT2D eigenvalue weighted by Crippen LogP contribution is 2.46. The maximum atomic E-state index is 14.7. The van der Waals surface area contributed by atoms with Gasteiger partial charge in [0.2, 0.25) is 5.88 Å². The Morgan fingerprint density at radius 3 is 2.45 bits per heavy atom. The van der Waals surface area contributed by atoms with Crippen molar-refractivity contribution in [2.24, 2.45) is 5.92 Å². The lowest BCUT2D eigenvalue weighted by molar-refractivity contribution is -0.155. The number of rotatable bonds is 7. The number of ether oxygens (including phenoxy) is 1. The minimum absolute atomic E-state index is 0.0163. The number of aromatic nitrogens is 3. The highest BCUT2D eigenvalue weighted by Gasteiger charge is 2.66. The first-order chi connectivity index (χ1) is 21.3. The van der Waals surface area contributed by atoms with E-state index in [1.807, 2.05) is 66.4 Å². The number of anilines is 2. The number of piperidine rings is 1. The molecule has 2 aliphatic heterocycles. The molecule has 2 aromatic heterocycles. The van der Waals surface area contributed by atoms with E-state index in [1.54, 1.807) is 25.3 Å². The molecule has 44 heavy (non-hydrogen) atoms. The van der Waals surface area contributed by atoms with E-state index < -0.39 is 29.4 Å². The van der Waals surface area contributed by atoms with Gasteiger partial charge in [-0.05, 0) is 55.2 Å². The molecule has 2 saturated heterocycles. The van der Waals surface area contributed by atoms with Crippen molar-refractivity contribution in [3.8, 4) is 17.0 Å². The van der Waals surface area contributed by atoms with Gasteiger partial charge in [-0.3, -0.25) is 24.4 Å². The SMILES string of the molecule is CCOC(=O)C1CN(Cc2ncccc2C)CCC12C(=O)N(c1ccc(-c3ccccc3)cc1)C(=O)N2c1cc(O)ncn1. The van der Waals surface area contributed by atoms with E-state index in [0.717, 1.165) is 33.6 Å². The van der Waals surface area contributed by atoms with E-state index in [9.17, 15) is 19.5 Å². The summed E-state index contributed by atoms with van der Waals surface area (Å²) in [5.41, 5.74) is 2.48. The van der Waals surface area contributed by atoms with Gasteiger partial charge in [0.1, 0.15) is 23.6 Å². The van der Waals surface area contributed by atoms with Gasteiger partial charge < -0.3 is 9.84 Å². The van der Waals surface area contributed by atoms with Crippen LogP contribution in [0.1, 0.15) is 24.6 Å². The third-order valence-corrected chi connectivity index (χ3v) is 8.34. The molecule has 0 aliphatic carbocycles. The number of esters is 1. The number of likely N-dealkylation sites (tertiary alicyclic amines) is 1. The second-order valence-corrected chi connectivity index (χ2v) is 10.9. The highest BCUT2D eigenvalue weighted by atomic mass is 16.5. The molecular weight excluding hydrogens is 560 g/mol. The Hall–Kier alpha value is -5.16. The number of hydrogen-bond acceptors (Lipinski definition) is 9. The Kier molecular flexibility index (Phi) is 7.79. The first-order valence-corrected chi connectivity index (χ1v) is 14.5. The Morgan fingerprint density at radius 2 is 1.75 bits per heavy atom. The number of pyridine rings is 1. The molecule has 4 heterocycles. The molecule has 224 valence electrons. The molecule has 2 aliphatic rings. The second-order valence-electron chi connectivity index (χ2n) is 10.9. The quantitative estimate of drug-likeness (QED) is 0.246. The van der Waals surface area contributed by atoms with Gasteiger partial charge >= 0.3 is 12.0 Å². The van der Waals surface area contributed by atoms with Crippen molar-refractivity contribution >= 4 is 29.4 Å². The fourth-order valence-electron chi connectivity index (χ4n) is 6.15. The second kappa shape index (κ2) is 11.8. The summed E-state index contributed by atoms with van der Waals surface area (Å²) in [7, 11) is 0. The molecule has 2 atom stereocenters. The van der Waals surface area contributed by atoms with Crippen LogP contribution in [0.4, 0.5) is 16.3 Å². The zero-order valence-corrected chi connectivity index (χ0v) is 24.5. The Balaban J connectivity index is 1.43. The molecule has 11 nitrogen and oxygen atoms in total. The molecule has 0 bridgehead atoms. The monoisotopic (exact) mass is 592 g/mol. The van der Waals surface area contributed by atoms with Crippen molar-refractivity contribution < 1.29 is 24.2 Å². The number of benzene rings is 2. The lowest BCUT2D eigenvalue weighted by atomic mass is 9.76. The molecule has 0 radical (unpaired) electrons. The molecule has 11 heteroatoms. The minimum Gasteiger partial charge on any atom is -0.493 e. The number of aryl methyl sites for hydroxylation is 1. The van der Waals surface area contributed by atoms with Crippen LogP contribution >= 0.6 is 0 Å². The van der Waals surface area contributed by atoms with Gasteiger partial charge in [0.05, 0.1) is 18.0 Å². The van der Waals surface area contributed by atoms with Crippen LogP contribution in [-0.4, -0.2) is 68.1 Å². The Labute approximate surface area is 254 Å². The third kappa shape index (κ3) is 5.05. The summed E-state index contributed by atoms with van der Waals surface area (Å²) in [6.07, 6.45) is 2.96. The van der Waals surface area contributed by atoms with Crippen molar-refractivity contribution in [1.82, 2.24) is 19.9 Å². The number of aromatic hydroxyl groups is 1. The van der Waals surface area contributed by atoms with Crippen LogP contribution in [0.15, 0.2) is 85.3 Å². The number of carbonyl (C=O) groups is 3. The molecule has 4 aromatic rings. The van der Waals surface area contributed by atoms with E-state index in [0.29, 0.717) is 18.8 Å². The number of carbonyl (C=O) groups excluding carboxylic acids is 3. The van der Waals surface area contributed by atoms with E-state index in [-0.39, 0.29) is 31.3 Å². The van der Waals surface area contributed by atoms with Crippen LogP contribution < -0.4 is 9.80 Å². The van der Waals surface area contributed by atoms with Crippen molar-refractivity contribution in [3.05, 3.63) is 96.6 Å². The van der Waals surface area contributed by atoms with Crippen molar-refractivity contribution in [1.29, 1.82) is 0 Å². The summed E-state index contributed by atoms with van der Waals surface area (Å²) in [6, 6.07) is 21.3. The number of nitrogens with zero attached hydrogens (tertiary/aromatic N) is 6.